The van der Waals surface area contributed by atoms with Crippen molar-refractivity contribution in [2.45, 2.75) is 94.7 Å². The molecule has 1 aromatic carbocycles. The van der Waals surface area contributed by atoms with Gasteiger partial charge in [0.25, 0.3) is 0 Å². The first-order chi connectivity index (χ1) is 17.3. The number of hydrogen-bond donors (Lipinski definition) is 4. The minimum Gasteiger partial charge on any atom is -0.458 e. The lowest BCUT2D eigenvalue weighted by molar-refractivity contribution is -0.314. The van der Waals surface area contributed by atoms with Gasteiger partial charge in [-0.1, -0.05) is 48.9 Å². The highest BCUT2D eigenvalue weighted by molar-refractivity contribution is 5.88. The number of carbonyl (C=O) groups excluding carboxylic acids is 2. The Balaban J connectivity index is 1.58. The highest BCUT2D eigenvalue weighted by Crippen LogP contribution is 2.70. The molecule has 0 aromatic heterocycles. The molecule has 0 saturated heterocycles. The summed E-state index contributed by atoms with van der Waals surface area (Å²) in [6.45, 7) is 4.91. The summed E-state index contributed by atoms with van der Waals surface area (Å²) in [6.07, 6.45) is 5.37. The molecule has 4 N–H and O–H groups in total. The second kappa shape index (κ2) is 8.60. The predicted molar refractivity (Wildman–Crippen MR) is 137 cm³/mol. The van der Waals surface area contributed by atoms with E-state index in [4.69, 9.17) is 4.74 Å². The molecular weight excluding hydrogens is 472 g/mol. The van der Waals surface area contributed by atoms with Crippen molar-refractivity contribution in [2.24, 2.45) is 16.7 Å². The van der Waals surface area contributed by atoms with Crippen molar-refractivity contribution in [2.75, 3.05) is 0 Å². The van der Waals surface area contributed by atoms with E-state index < -0.39 is 57.5 Å². The third-order valence-electron chi connectivity index (χ3n) is 10.6. The topological polar surface area (TPSA) is 124 Å². The fraction of sp³-hybridized carbons (Fsp3) is 0.600. The maximum Gasteiger partial charge on any atom is 0.331 e. The number of esters is 1. The number of benzene rings is 1. The molecule has 0 spiro atoms. The number of hydrogen-bond acceptors (Lipinski definition) is 7. The van der Waals surface area contributed by atoms with Crippen molar-refractivity contribution >= 4 is 17.8 Å². The predicted octanol–water partition coefficient (Wildman–Crippen LogP) is 3.10. The van der Waals surface area contributed by atoms with Crippen LogP contribution in [-0.4, -0.2) is 61.2 Å². The first-order valence-corrected chi connectivity index (χ1v) is 13.3. The van der Waals surface area contributed by atoms with Crippen molar-refractivity contribution in [3.8, 4) is 0 Å². The number of ketones is 1. The smallest absolute Gasteiger partial charge is 0.331 e. The van der Waals surface area contributed by atoms with Gasteiger partial charge in [0.05, 0.1) is 11.5 Å². The minimum atomic E-state index is -1.97. The summed E-state index contributed by atoms with van der Waals surface area (Å²) >= 11 is 0. The zero-order valence-corrected chi connectivity index (χ0v) is 21.8. The number of rotatable bonds is 4. The Labute approximate surface area is 217 Å². The molecule has 0 aliphatic heterocycles. The Morgan fingerprint density at radius 1 is 1.05 bits per heavy atom. The van der Waals surface area contributed by atoms with E-state index in [-0.39, 0.29) is 25.7 Å². The summed E-state index contributed by atoms with van der Waals surface area (Å²) in [4.78, 5) is 25.9. The van der Waals surface area contributed by atoms with Crippen LogP contribution in [0.2, 0.25) is 0 Å². The molecule has 3 saturated carbocycles. The zero-order chi connectivity index (χ0) is 26.9. The standard InChI is InChI=1S/C30H38O7/c1-19(31)28(34)15-16-30(36)27(28,3)24(37-25(33)10-9-20-7-5-4-6-8-20)18-23-26(2)13-12-22(32)17-21(26)11-14-29(23,30)35/h4-11,22-24,32,34-36H,12-18H2,1-3H3/t22-,23-,24-,26+,27-,28-,29-,30+/m1/s1. The van der Waals surface area contributed by atoms with Crippen LogP contribution < -0.4 is 0 Å². The molecule has 0 unspecified atom stereocenters. The van der Waals surface area contributed by atoms with Crippen molar-refractivity contribution in [3.05, 3.63) is 53.6 Å². The summed E-state index contributed by atoms with van der Waals surface area (Å²) in [5.74, 6) is -1.65. The molecule has 200 valence electrons. The van der Waals surface area contributed by atoms with Gasteiger partial charge in [-0.25, -0.2) is 4.79 Å². The molecule has 0 radical (unpaired) electrons. The van der Waals surface area contributed by atoms with Crippen molar-refractivity contribution in [1.82, 2.24) is 0 Å². The van der Waals surface area contributed by atoms with Gasteiger partial charge in [0.1, 0.15) is 22.9 Å². The Bertz CT molecular complexity index is 1160. The summed E-state index contributed by atoms with van der Waals surface area (Å²) in [5, 5.41) is 46.8. The Hall–Kier alpha value is -2.32. The lowest BCUT2D eigenvalue weighted by Crippen LogP contribution is -2.78. The molecule has 0 amide bonds. The van der Waals surface area contributed by atoms with Gasteiger partial charge in [-0.05, 0) is 75.8 Å². The number of fused-ring (bicyclic) bond motifs is 5. The number of aliphatic hydroxyl groups is 4. The number of Topliss-reactive ketones (excluding diaryl/α,β-unsaturated/α-hetero) is 1. The van der Waals surface area contributed by atoms with Crippen molar-refractivity contribution in [3.63, 3.8) is 0 Å². The van der Waals surface area contributed by atoms with Gasteiger partial charge in [-0.15, -0.1) is 0 Å². The normalized spacial score (nSPS) is 44.9. The lowest BCUT2D eigenvalue weighted by Gasteiger charge is -2.67. The van der Waals surface area contributed by atoms with E-state index in [1.165, 1.54) is 13.0 Å². The van der Waals surface area contributed by atoms with E-state index >= 15 is 0 Å². The molecule has 0 bridgehead atoms. The number of ether oxygens (including phenoxy) is 1. The van der Waals surface area contributed by atoms with E-state index in [0.717, 1.165) is 11.1 Å². The largest absolute Gasteiger partial charge is 0.458 e. The molecule has 0 heterocycles. The van der Waals surface area contributed by atoms with Crippen molar-refractivity contribution < 1.29 is 34.8 Å². The van der Waals surface area contributed by atoms with Gasteiger partial charge in [0, 0.05) is 12.0 Å². The van der Waals surface area contributed by atoms with Gasteiger partial charge < -0.3 is 25.2 Å². The first-order valence-electron chi connectivity index (χ1n) is 13.3. The van der Waals surface area contributed by atoms with E-state index in [2.05, 4.69) is 0 Å². The third kappa shape index (κ3) is 3.47. The van der Waals surface area contributed by atoms with Crippen LogP contribution in [0.3, 0.4) is 0 Å². The Kier molecular flexibility index (Phi) is 6.11. The van der Waals surface area contributed by atoms with E-state index in [1.807, 2.05) is 43.3 Å². The summed E-state index contributed by atoms with van der Waals surface area (Å²) < 4.78 is 6.00. The van der Waals surface area contributed by atoms with Crippen LogP contribution in [0.15, 0.2) is 48.1 Å². The molecule has 3 fully saturated rings. The van der Waals surface area contributed by atoms with Gasteiger partial charge in [0.2, 0.25) is 0 Å². The molecule has 7 heteroatoms. The zero-order valence-electron chi connectivity index (χ0n) is 21.8. The van der Waals surface area contributed by atoms with E-state index in [9.17, 15) is 30.0 Å². The second-order valence-corrected chi connectivity index (χ2v) is 12.1. The molecule has 5 rings (SSSR count). The van der Waals surface area contributed by atoms with E-state index in [0.29, 0.717) is 19.3 Å². The SMILES string of the molecule is CC(=O)[C@]1(O)CC[C@]2(O)[C@]1(C)[C@H](OC(=O)C=Cc1ccccc1)C[C@@H]1[C@@]3(C)CC[C@@H](O)CC3=CC[C@@]12O. The highest BCUT2D eigenvalue weighted by Gasteiger charge is 2.81. The number of aliphatic hydroxyl groups excluding tert-OH is 1. The molecular formula is C30H38O7. The molecule has 1 aromatic rings. The van der Waals surface area contributed by atoms with E-state index in [1.54, 1.807) is 13.0 Å². The third-order valence-corrected chi connectivity index (χ3v) is 10.6. The monoisotopic (exact) mass is 510 g/mol. The van der Waals surface area contributed by atoms with Crippen LogP contribution in [0.25, 0.3) is 6.08 Å². The highest BCUT2D eigenvalue weighted by atomic mass is 16.5. The fourth-order valence-electron chi connectivity index (χ4n) is 8.28. The van der Waals surface area contributed by atoms with Crippen LogP contribution >= 0.6 is 0 Å². The molecule has 37 heavy (non-hydrogen) atoms. The first kappa shape index (κ1) is 26.3. The van der Waals surface area contributed by atoms with Crippen LogP contribution in [0, 0.1) is 16.7 Å². The second-order valence-electron chi connectivity index (χ2n) is 12.1. The average molecular weight is 511 g/mol. The fourth-order valence-corrected chi connectivity index (χ4v) is 8.28. The minimum absolute atomic E-state index is 0.00234. The molecule has 8 atom stereocenters. The van der Waals surface area contributed by atoms with Gasteiger partial charge in [-0.3, -0.25) is 4.79 Å². The van der Waals surface area contributed by atoms with Crippen LogP contribution in [0.4, 0.5) is 0 Å². The van der Waals surface area contributed by atoms with Crippen LogP contribution in [-0.2, 0) is 14.3 Å². The quantitative estimate of drug-likeness (QED) is 0.279. The van der Waals surface area contributed by atoms with Crippen LogP contribution in [0.1, 0.15) is 71.3 Å². The van der Waals surface area contributed by atoms with Gasteiger partial charge >= 0.3 is 5.97 Å². The molecule has 4 aliphatic carbocycles. The summed E-state index contributed by atoms with van der Waals surface area (Å²) in [5.41, 5.74) is -5.76. The molecule has 4 aliphatic rings. The average Bonchev–Trinajstić information content (AvgIpc) is 3.10. The lowest BCUT2D eigenvalue weighted by atomic mass is 9.42. The van der Waals surface area contributed by atoms with Gasteiger partial charge in [0.15, 0.2) is 5.78 Å². The molecule has 7 nitrogen and oxygen atoms in total. The Morgan fingerprint density at radius 3 is 2.43 bits per heavy atom. The van der Waals surface area contributed by atoms with Crippen molar-refractivity contribution in [1.29, 1.82) is 0 Å². The maximum atomic E-state index is 13.1. The van der Waals surface area contributed by atoms with Crippen LogP contribution in [0.5, 0.6) is 0 Å². The summed E-state index contributed by atoms with van der Waals surface area (Å²) in [6, 6.07) is 9.29. The maximum absolute atomic E-state index is 13.1. The number of carbonyl (C=O) groups is 2. The van der Waals surface area contributed by atoms with Gasteiger partial charge in [-0.2, -0.15) is 0 Å². The Morgan fingerprint density at radius 2 is 1.76 bits per heavy atom. The summed E-state index contributed by atoms with van der Waals surface area (Å²) in [7, 11) is 0.